The van der Waals surface area contributed by atoms with Gasteiger partial charge >= 0.3 is 0 Å². The van der Waals surface area contributed by atoms with E-state index in [0.29, 0.717) is 13.2 Å². The molecule has 8 heteroatoms. The predicted octanol–water partition coefficient (Wildman–Crippen LogP) is -0.722. The van der Waals surface area contributed by atoms with Crippen LogP contribution >= 0.6 is 0 Å². The maximum atomic E-state index is 11.8. The summed E-state index contributed by atoms with van der Waals surface area (Å²) in [5, 5.41) is 6.64. The number of primary amides is 1. The topological polar surface area (TPSA) is 125 Å². The van der Waals surface area contributed by atoms with Crippen LogP contribution in [0.1, 0.15) is 29.9 Å². The lowest BCUT2D eigenvalue weighted by Gasteiger charge is -2.12. The molecule has 0 fully saturated rings. The standard InChI is InChI=1S/C11H19N5O3/c1-7(11(18)14-4-3-5-19-2)16-6-8(12)9(15-16)10(13)17/h6-7H,3-5,12H2,1-2H3,(H2,13,17)(H,14,18). The number of carbonyl (C=O) groups excluding carboxylic acids is 2. The third-order valence-corrected chi connectivity index (χ3v) is 2.59. The van der Waals surface area contributed by atoms with Crippen molar-refractivity contribution in [2.75, 3.05) is 26.0 Å². The van der Waals surface area contributed by atoms with Crippen molar-refractivity contribution in [1.82, 2.24) is 15.1 Å². The largest absolute Gasteiger partial charge is 0.396 e. The van der Waals surface area contributed by atoms with Crippen LogP contribution in [0.25, 0.3) is 0 Å². The number of hydrogen-bond acceptors (Lipinski definition) is 5. The first kappa shape index (κ1) is 15.0. The fourth-order valence-corrected chi connectivity index (χ4v) is 1.49. The second-order valence-electron chi connectivity index (χ2n) is 4.09. The van der Waals surface area contributed by atoms with Gasteiger partial charge in [-0.1, -0.05) is 0 Å². The molecule has 106 valence electrons. The summed E-state index contributed by atoms with van der Waals surface area (Å²) in [7, 11) is 1.60. The van der Waals surface area contributed by atoms with E-state index in [-0.39, 0.29) is 17.3 Å². The SMILES string of the molecule is COCCCNC(=O)C(C)n1cc(N)c(C(N)=O)n1. The molecule has 1 aromatic rings. The molecular formula is C11H19N5O3. The molecule has 0 saturated carbocycles. The Morgan fingerprint density at radius 2 is 2.26 bits per heavy atom. The zero-order valence-corrected chi connectivity index (χ0v) is 11.0. The van der Waals surface area contributed by atoms with Crippen molar-refractivity contribution < 1.29 is 14.3 Å². The van der Waals surface area contributed by atoms with Gasteiger partial charge < -0.3 is 21.5 Å². The number of anilines is 1. The Morgan fingerprint density at radius 1 is 1.58 bits per heavy atom. The van der Waals surface area contributed by atoms with Crippen molar-refractivity contribution in [3.05, 3.63) is 11.9 Å². The van der Waals surface area contributed by atoms with Gasteiger partial charge in [-0.2, -0.15) is 5.10 Å². The molecule has 1 aromatic heterocycles. The van der Waals surface area contributed by atoms with Crippen LogP contribution < -0.4 is 16.8 Å². The Morgan fingerprint density at radius 3 is 2.79 bits per heavy atom. The fraction of sp³-hybridized carbons (Fsp3) is 0.545. The molecule has 0 aromatic carbocycles. The van der Waals surface area contributed by atoms with Gasteiger partial charge in [0, 0.05) is 26.5 Å². The number of rotatable bonds is 7. The quantitative estimate of drug-likeness (QED) is 0.563. The molecule has 8 nitrogen and oxygen atoms in total. The summed E-state index contributed by atoms with van der Waals surface area (Å²) in [4.78, 5) is 22.9. The average Bonchev–Trinajstić information content (AvgIpc) is 2.75. The molecule has 0 bridgehead atoms. The van der Waals surface area contributed by atoms with Gasteiger partial charge in [-0.25, -0.2) is 0 Å². The number of nitrogens with zero attached hydrogens (tertiary/aromatic N) is 2. The highest BCUT2D eigenvalue weighted by atomic mass is 16.5. The average molecular weight is 269 g/mol. The maximum absolute atomic E-state index is 11.8. The van der Waals surface area contributed by atoms with Crippen LogP contribution in [0, 0.1) is 0 Å². The van der Waals surface area contributed by atoms with Crippen molar-refractivity contribution in [3.8, 4) is 0 Å². The number of carbonyl (C=O) groups is 2. The van der Waals surface area contributed by atoms with Gasteiger partial charge in [0.2, 0.25) is 5.91 Å². The summed E-state index contributed by atoms with van der Waals surface area (Å²) in [6.07, 6.45) is 2.14. The maximum Gasteiger partial charge on any atom is 0.271 e. The first-order chi connectivity index (χ1) is 8.97. The van der Waals surface area contributed by atoms with E-state index in [9.17, 15) is 9.59 Å². The second kappa shape index (κ2) is 6.74. The van der Waals surface area contributed by atoms with Crippen LogP contribution in [0.3, 0.4) is 0 Å². The van der Waals surface area contributed by atoms with Gasteiger partial charge in [-0.3, -0.25) is 14.3 Å². The highest BCUT2D eigenvalue weighted by Crippen LogP contribution is 2.13. The van der Waals surface area contributed by atoms with Crippen LogP contribution in [-0.4, -0.2) is 41.9 Å². The Labute approximate surface area is 111 Å². The number of nitrogens with one attached hydrogen (secondary N) is 1. The Hall–Kier alpha value is -2.09. The summed E-state index contributed by atoms with van der Waals surface area (Å²) < 4.78 is 6.20. The van der Waals surface area contributed by atoms with Gasteiger partial charge in [-0.15, -0.1) is 0 Å². The van der Waals surface area contributed by atoms with Crippen LogP contribution in [0.15, 0.2) is 6.20 Å². The lowest BCUT2D eigenvalue weighted by Crippen LogP contribution is -2.32. The van der Waals surface area contributed by atoms with E-state index in [1.54, 1.807) is 14.0 Å². The molecule has 0 spiro atoms. The predicted molar refractivity (Wildman–Crippen MR) is 69.4 cm³/mol. The van der Waals surface area contributed by atoms with Crippen molar-refractivity contribution in [2.45, 2.75) is 19.4 Å². The summed E-state index contributed by atoms with van der Waals surface area (Å²) in [6.45, 7) is 2.74. The molecule has 1 rings (SSSR count). The highest BCUT2D eigenvalue weighted by Gasteiger charge is 2.19. The van der Waals surface area contributed by atoms with E-state index in [1.165, 1.54) is 10.9 Å². The van der Waals surface area contributed by atoms with Gasteiger partial charge in [0.25, 0.3) is 5.91 Å². The molecule has 2 amide bonds. The van der Waals surface area contributed by atoms with Crippen molar-refractivity contribution in [2.24, 2.45) is 5.73 Å². The first-order valence-electron chi connectivity index (χ1n) is 5.88. The molecule has 0 saturated heterocycles. The van der Waals surface area contributed by atoms with Crippen LogP contribution in [-0.2, 0) is 9.53 Å². The van der Waals surface area contributed by atoms with Crippen molar-refractivity contribution >= 4 is 17.5 Å². The third kappa shape index (κ3) is 3.95. The summed E-state index contributed by atoms with van der Waals surface area (Å²) in [5.74, 6) is -0.932. The number of nitrogens with two attached hydrogens (primary N) is 2. The van der Waals surface area contributed by atoms with E-state index >= 15 is 0 Å². The summed E-state index contributed by atoms with van der Waals surface area (Å²) >= 11 is 0. The van der Waals surface area contributed by atoms with Crippen molar-refractivity contribution in [3.63, 3.8) is 0 Å². The smallest absolute Gasteiger partial charge is 0.271 e. The summed E-state index contributed by atoms with van der Waals surface area (Å²) in [5.41, 5.74) is 10.8. The molecule has 1 unspecified atom stereocenters. The Balaban J connectivity index is 2.61. The number of methoxy groups -OCH3 is 1. The fourth-order valence-electron chi connectivity index (χ4n) is 1.49. The number of nitrogen functional groups attached to an aromatic ring is 1. The van der Waals surface area contributed by atoms with Gasteiger partial charge in [0.05, 0.1) is 5.69 Å². The number of aromatic nitrogens is 2. The molecule has 1 atom stereocenters. The zero-order chi connectivity index (χ0) is 14.4. The highest BCUT2D eigenvalue weighted by molar-refractivity contribution is 5.95. The minimum atomic E-state index is -0.719. The third-order valence-electron chi connectivity index (χ3n) is 2.59. The second-order valence-corrected chi connectivity index (χ2v) is 4.09. The number of hydrogen-bond donors (Lipinski definition) is 3. The number of ether oxygens (including phenoxy) is 1. The van der Waals surface area contributed by atoms with Crippen molar-refractivity contribution in [1.29, 1.82) is 0 Å². The van der Waals surface area contributed by atoms with Gasteiger partial charge in [-0.05, 0) is 13.3 Å². The Kier molecular flexibility index (Phi) is 5.31. The first-order valence-corrected chi connectivity index (χ1v) is 5.88. The molecule has 0 aliphatic rings. The lowest BCUT2D eigenvalue weighted by atomic mass is 10.3. The molecule has 5 N–H and O–H groups in total. The number of amides is 2. The Bertz CT molecular complexity index is 457. The van der Waals surface area contributed by atoms with E-state index < -0.39 is 11.9 Å². The minimum Gasteiger partial charge on any atom is -0.396 e. The molecule has 19 heavy (non-hydrogen) atoms. The molecule has 0 aliphatic heterocycles. The van der Waals surface area contributed by atoms with Crippen LogP contribution in [0.4, 0.5) is 5.69 Å². The molecule has 1 heterocycles. The van der Waals surface area contributed by atoms with E-state index in [1.807, 2.05) is 0 Å². The summed E-state index contributed by atoms with van der Waals surface area (Å²) in [6, 6.07) is -0.571. The van der Waals surface area contributed by atoms with E-state index in [0.717, 1.165) is 6.42 Å². The minimum absolute atomic E-state index is 0.0287. The zero-order valence-electron chi connectivity index (χ0n) is 11.0. The monoisotopic (exact) mass is 269 g/mol. The molecular weight excluding hydrogens is 250 g/mol. The van der Waals surface area contributed by atoms with Crippen LogP contribution in [0.5, 0.6) is 0 Å². The van der Waals surface area contributed by atoms with Gasteiger partial charge in [0.1, 0.15) is 6.04 Å². The van der Waals surface area contributed by atoms with Gasteiger partial charge in [0.15, 0.2) is 5.69 Å². The normalized spacial score (nSPS) is 12.1. The van der Waals surface area contributed by atoms with Crippen LogP contribution in [0.2, 0.25) is 0 Å². The van der Waals surface area contributed by atoms with E-state index in [4.69, 9.17) is 16.2 Å². The van der Waals surface area contributed by atoms with E-state index in [2.05, 4.69) is 10.4 Å². The lowest BCUT2D eigenvalue weighted by molar-refractivity contribution is -0.124. The molecule has 0 aliphatic carbocycles. The molecule has 0 radical (unpaired) electrons.